The van der Waals surface area contributed by atoms with Crippen LogP contribution in [-0.4, -0.2) is 15.8 Å². The summed E-state index contributed by atoms with van der Waals surface area (Å²) in [6.07, 6.45) is 1.51. The molecule has 3 N–H and O–H groups in total. The number of hydrazine groups is 1. The van der Waals surface area contributed by atoms with Crippen LogP contribution in [0.5, 0.6) is 0 Å². The molecule has 2 aromatic rings. The summed E-state index contributed by atoms with van der Waals surface area (Å²) in [5.41, 5.74) is 7.28. The van der Waals surface area contributed by atoms with Crippen LogP contribution >= 0.6 is 23.2 Å². The highest BCUT2D eigenvalue weighted by Gasteiger charge is 2.17. The van der Waals surface area contributed by atoms with Gasteiger partial charge in [0.15, 0.2) is 0 Å². The molecule has 21 heavy (non-hydrogen) atoms. The molecule has 0 aliphatic carbocycles. The summed E-state index contributed by atoms with van der Waals surface area (Å²) in [4.78, 5) is 0. The topological polar surface area (TPSA) is 55.9 Å². The molecule has 1 aromatic heterocycles. The van der Waals surface area contributed by atoms with Gasteiger partial charge in [-0.25, -0.2) is 0 Å². The SMILES string of the molecule is Cc1nn(C)c(C)c1CC(Cc1cccc(Cl)c1Cl)NN. The number of rotatable bonds is 5. The van der Waals surface area contributed by atoms with E-state index >= 15 is 0 Å². The lowest BCUT2D eigenvalue weighted by Crippen LogP contribution is -2.38. The second-order valence-corrected chi connectivity index (χ2v) is 6.04. The lowest BCUT2D eigenvalue weighted by atomic mass is 9.98. The number of nitrogens with one attached hydrogen (secondary N) is 1. The predicted octanol–water partition coefficient (Wildman–Crippen LogP) is 2.96. The minimum atomic E-state index is 0.0718. The highest BCUT2D eigenvalue weighted by molar-refractivity contribution is 6.42. The van der Waals surface area contributed by atoms with E-state index in [1.807, 2.05) is 30.8 Å². The van der Waals surface area contributed by atoms with E-state index in [9.17, 15) is 0 Å². The number of benzene rings is 1. The lowest BCUT2D eigenvalue weighted by Gasteiger charge is -2.17. The van der Waals surface area contributed by atoms with Crippen LogP contribution in [0.15, 0.2) is 18.2 Å². The zero-order valence-corrected chi connectivity index (χ0v) is 14.0. The van der Waals surface area contributed by atoms with Gasteiger partial charge in [-0.2, -0.15) is 5.10 Å². The van der Waals surface area contributed by atoms with Crippen molar-refractivity contribution in [2.75, 3.05) is 0 Å². The molecule has 0 bridgehead atoms. The Kier molecular flexibility index (Phi) is 5.27. The molecule has 0 fully saturated rings. The molecule has 0 radical (unpaired) electrons. The standard InChI is InChI=1S/C15H20Cl2N4/c1-9-13(10(2)21(3)20-9)8-12(19-18)7-11-5-4-6-14(16)15(11)17/h4-6,12,19H,7-8,18H2,1-3H3. The van der Waals surface area contributed by atoms with Crippen molar-refractivity contribution < 1.29 is 0 Å². The van der Waals surface area contributed by atoms with E-state index < -0.39 is 0 Å². The summed E-state index contributed by atoms with van der Waals surface area (Å²) in [6.45, 7) is 4.08. The van der Waals surface area contributed by atoms with E-state index in [0.29, 0.717) is 16.5 Å². The fourth-order valence-corrected chi connectivity index (χ4v) is 2.92. The summed E-state index contributed by atoms with van der Waals surface area (Å²) in [7, 11) is 1.95. The minimum absolute atomic E-state index is 0.0718. The Labute approximate surface area is 135 Å². The van der Waals surface area contributed by atoms with Gasteiger partial charge in [-0.1, -0.05) is 35.3 Å². The van der Waals surface area contributed by atoms with Crippen LogP contribution in [0.2, 0.25) is 10.0 Å². The third kappa shape index (κ3) is 3.58. The largest absolute Gasteiger partial charge is 0.272 e. The first-order chi connectivity index (χ1) is 9.93. The molecule has 1 heterocycles. The van der Waals surface area contributed by atoms with Crippen molar-refractivity contribution in [3.63, 3.8) is 0 Å². The summed E-state index contributed by atoms with van der Waals surface area (Å²) in [5.74, 6) is 5.71. The Hall–Kier alpha value is -1.07. The van der Waals surface area contributed by atoms with Gasteiger partial charge in [-0.15, -0.1) is 0 Å². The third-order valence-corrected chi connectivity index (χ3v) is 4.70. The van der Waals surface area contributed by atoms with Gasteiger partial charge in [0.25, 0.3) is 0 Å². The predicted molar refractivity (Wildman–Crippen MR) is 87.7 cm³/mol. The van der Waals surface area contributed by atoms with Crippen molar-refractivity contribution in [2.45, 2.75) is 32.7 Å². The normalized spacial score (nSPS) is 12.7. The molecule has 114 valence electrons. The number of halogens is 2. The van der Waals surface area contributed by atoms with Gasteiger partial charge in [0.1, 0.15) is 0 Å². The molecule has 6 heteroatoms. The Balaban J connectivity index is 2.19. The Morgan fingerprint density at radius 2 is 2.00 bits per heavy atom. The quantitative estimate of drug-likeness (QED) is 0.656. The fourth-order valence-electron chi connectivity index (χ4n) is 2.52. The zero-order chi connectivity index (χ0) is 15.6. The average molecular weight is 327 g/mol. The van der Waals surface area contributed by atoms with E-state index in [-0.39, 0.29) is 6.04 Å². The number of nitrogens with zero attached hydrogens (tertiary/aromatic N) is 2. The van der Waals surface area contributed by atoms with Gasteiger partial charge >= 0.3 is 0 Å². The van der Waals surface area contributed by atoms with Crippen molar-refractivity contribution in [1.29, 1.82) is 0 Å². The number of aromatic nitrogens is 2. The minimum Gasteiger partial charge on any atom is -0.272 e. The van der Waals surface area contributed by atoms with E-state index in [1.165, 1.54) is 5.56 Å². The van der Waals surface area contributed by atoms with Crippen molar-refractivity contribution in [3.8, 4) is 0 Å². The molecule has 0 saturated carbocycles. The third-order valence-electron chi connectivity index (χ3n) is 3.84. The molecular formula is C15H20Cl2N4. The van der Waals surface area contributed by atoms with E-state index in [0.717, 1.165) is 23.4 Å². The van der Waals surface area contributed by atoms with Gasteiger partial charge in [-0.05, 0) is 43.9 Å². The van der Waals surface area contributed by atoms with Crippen LogP contribution < -0.4 is 11.3 Å². The van der Waals surface area contributed by atoms with Gasteiger partial charge in [-0.3, -0.25) is 16.0 Å². The Morgan fingerprint density at radius 1 is 1.29 bits per heavy atom. The molecule has 0 spiro atoms. The van der Waals surface area contributed by atoms with Gasteiger partial charge in [0.05, 0.1) is 15.7 Å². The van der Waals surface area contributed by atoms with E-state index in [1.54, 1.807) is 6.07 Å². The maximum atomic E-state index is 6.25. The van der Waals surface area contributed by atoms with Crippen LogP contribution in [0.25, 0.3) is 0 Å². The smallest absolute Gasteiger partial charge is 0.0628 e. The number of aryl methyl sites for hydroxylation is 2. The van der Waals surface area contributed by atoms with Crippen molar-refractivity contribution in [2.24, 2.45) is 12.9 Å². The second-order valence-electron chi connectivity index (χ2n) is 5.26. The van der Waals surface area contributed by atoms with Crippen LogP contribution in [0, 0.1) is 13.8 Å². The molecule has 4 nitrogen and oxygen atoms in total. The first-order valence-corrected chi connectivity index (χ1v) is 7.57. The van der Waals surface area contributed by atoms with Crippen LogP contribution in [0.3, 0.4) is 0 Å². The van der Waals surface area contributed by atoms with Crippen LogP contribution in [0.1, 0.15) is 22.5 Å². The number of hydrogen-bond acceptors (Lipinski definition) is 3. The number of nitrogens with two attached hydrogens (primary N) is 1. The molecule has 2 rings (SSSR count). The van der Waals surface area contributed by atoms with Crippen molar-refractivity contribution in [3.05, 3.63) is 50.8 Å². The van der Waals surface area contributed by atoms with Crippen molar-refractivity contribution in [1.82, 2.24) is 15.2 Å². The monoisotopic (exact) mass is 326 g/mol. The summed E-state index contributed by atoms with van der Waals surface area (Å²) < 4.78 is 1.89. The highest BCUT2D eigenvalue weighted by Crippen LogP contribution is 2.27. The van der Waals surface area contributed by atoms with Crippen LogP contribution in [-0.2, 0) is 19.9 Å². The maximum absolute atomic E-state index is 6.25. The summed E-state index contributed by atoms with van der Waals surface area (Å²) >= 11 is 12.3. The molecule has 0 amide bonds. The molecule has 0 aliphatic rings. The first kappa shape index (κ1) is 16.3. The lowest BCUT2D eigenvalue weighted by molar-refractivity contribution is 0.520. The summed E-state index contributed by atoms with van der Waals surface area (Å²) in [6, 6.07) is 5.73. The van der Waals surface area contributed by atoms with E-state index in [2.05, 4.69) is 17.4 Å². The molecule has 1 atom stereocenters. The molecule has 1 unspecified atom stereocenters. The van der Waals surface area contributed by atoms with Crippen LogP contribution in [0.4, 0.5) is 0 Å². The molecule has 0 saturated heterocycles. The zero-order valence-electron chi connectivity index (χ0n) is 12.5. The van der Waals surface area contributed by atoms with E-state index in [4.69, 9.17) is 29.0 Å². The maximum Gasteiger partial charge on any atom is 0.0628 e. The molecule has 1 aromatic carbocycles. The highest BCUT2D eigenvalue weighted by atomic mass is 35.5. The molecule has 0 aliphatic heterocycles. The second kappa shape index (κ2) is 6.79. The van der Waals surface area contributed by atoms with Gasteiger partial charge in [0, 0.05) is 18.8 Å². The number of hydrogen-bond donors (Lipinski definition) is 2. The van der Waals surface area contributed by atoms with Gasteiger partial charge < -0.3 is 0 Å². The fraction of sp³-hybridized carbons (Fsp3) is 0.400. The van der Waals surface area contributed by atoms with Crippen molar-refractivity contribution >= 4 is 23.2 Å². The van der Waals surface area contributed by atoms with Gasteiger partial charge in [0.2, 0.25) is 0 Å². The summed E-state index contributed by atoms with van der Waals surface area (Å²) in [5, 5.41) is 5.60. The molecular weight excluding hydrogens is 307 g/mol. The Bertz CT molecular complexity index is 637. The Morgan fingerprint density at radius 3 is 2.57 bits per heavy atom. The first-order valence-electron chi connectivity index (χ1n) is 6.82. The average Bonchev–Trinajstić information content (AvgIpc) is 2.69.